The molecule has 1 aliphatic rings. The molecule has 0 spiro atoms. The molecule has 0 unspecified atom stereocenters. The zero-order valence-electron chi connectivity index (χ0n) is 12.5. The molecule has 0 atom stereocenters. The number of nitrogens with two attached hydrogens (primary N) is 1. The molecule has 5 nitrogen and oxygen atoms in total. The van der Waals surface area contributed by atoms with Gasteiger partial charge in [0.25, 0.3) is 0 Å². The second-order valence-electron chi connectivity index (χ2n) is 5.74. The monoisotopic (exact) mass is 324 g/mol. The zero-order valence-corrected chi connectivity index (χ0v) is 13.3. The van der Waals surface area contributed by atoms with Crippen LogP contribution in [0.15, 0.2) is 35.7 Å². The molecule has 0 fully saturated rings. The van der Waals surface area contributed by atoms with E-state index in [9.17, 15) is 4.79 Å². The van der Waals surface area contributed by atoms with Crippen LogP contribution in [0.2, 0.25) is 0 Å². The van der Waals surface area contributed by atoms with Crippen LogP contribution in [0.1, 0.15) is 16.8 Å². The number of carbonyl (C=O) groups excluding carboxylic acids is 1. The Balaban J connectivity index is 1.54. The summed E-state index contributed by atoms with van der Waals surface area (Å²) in [5, 5.41) is 11.3. The maximum absolute atomic E-state index is 12.7. The Kier molecular flexibility index (Phi) is 3.46. The van der Waals surface area contributed by atoms with Gasteiger partial charge in [-0.2, -0.15) is 5.10 Å². The smallest absolute Gasteiger partial charge is 0.227 e. The van der Waals surface area contributed by atoms with E-state index >= 15 is 0 Å². The van der Waals surface area contributed by atoms with Crippen molar-refractivity contribution in [2.75, 3.05) is 12.3 Å². The van der Waals surface area contributed by atoms with Crippen LogP contribution in [0.3, 0.4) is 0 Å². The number of nitrogen functional groups attached to an aromatic ring is 1. The van der Waals surface area contributed by atoms with E-state index in [-0.39, 0.29) is 5.91 Å². The van der Waals surface area contributed by atoms with Gasteiger partial charge < -0.3 is 10.6 Å². The first-order chi connectivity index (χ1) is 11.2. The Morgan fingerprint density at radius 1 is 1.30 bits per heavy atom. The highest BCUT2D eigenvalue weighted by molar-refractivity contribution is 7.17. The van der Waals surface area contributed by atoms with Gasteiger partial charge in [-0.1, -0.05) is 18.2 Å². The summed E-state index contributed by atoms with van der Waals surface area (Å²) in [5.74, 6) is 0.552. The minimum absolute atomic E-state index is 0.148. The van der Waals surface area contributed by atoms with Crippen LogP contribution in [-0.4, -0.2) is 27.5 Å². The Hall–Kier alpha value is -2.47. The van der Waals surface area contributed by atoms with Gasteiger partial charge in [0.1, 0.15) is 5.82 Å². The first kappa shape index (κ1) is 14.1. The number of benzene rings is 1. The van der Waals surface area contributed by atoms with E-state index in [4.69, 9.17) is 5.73 Å². The maximum Gasteiger partial charge on any atom is 0.227 e. The molecule has 0 radical (unpaired) electrons. The number of hydrogen-bond donors (Lipinski definition) is 1. The van der Waals surface area contributed by atoms with Crippen molar-refractivity contribution in [1.29, 1.82) is 0 Å². The van der Waals surface area contributed by atoms with E-state index in [0.29, 0.717) is 25.3 Å². The molecule has 1 amide bonds. The van der Waals surface area contributed by atoms with Crippen LogP contribution in [-0.2, 0) is 24.2 Å². The summed E-state index contributed by atoms with van der Waals surface area (Å²) in [6.45, 7) is 1.25. The molecule has 0 saturated carbocycles. The number of anilines is 1. The highest BCUT2D eigenvalue weighted by Gasteiger charge is 2.23. The van der Waals surface area contributed by atoms with E-state index in [1.54, 1.807) is 11.3 Å². The summed E-state index contributed by atoms with van der Waals surface area (Å²) in [4.78, 5) is 14.6. The minimum Gasteiger partial charge on any atom is -0.382 e. The van der Waals surface area contributed by atoms with Crippen LogP contribution in [0.5, 0.6) is 0 Å². The number of thiophene rings is 1. The molecule has 0 aliphatic carbocycles. The van der Waals surface area contributed by atoms with Crippen LogP contribution < -0.4 is 5.73 Å². The van der Waals surface area contributed by atoms with Crippen LogP contribution in [0, 0.1) is 0 Å². The van der Waals surface area contributed by atoms with Crippen molar-refractivity contribution in [2.45, 2.75) is 19.4 Å². The van der Waals surface area contributed by atoms with Crippen molar-refractivity contribution in [3.8, 4) is 0 Å². The Bertz CT molecular complexity index is 889. The largest absolute Gasteiger partial charge is 0.382 e. The SMILES string of the molecule is Nc1cc2c(nn1)CCN(C(=O)Cc1csc3ccccc13)C2. The van der Waals surface area contributed by atoms with Crippen molar-refractivity contribution in [3.63, 3.8) is 0 Å². The lowest BCUT2D eigenvalue weighted by atomic mass is 10.0. The number of hydrogen-bond acceptors (Lipinski definition) is 5. The number of nitrogens with zero attached hydrogens (tertiary/aromatic N) is 3. The maximum atomic E-state index is 12.7. The lowest BCUT2D eigenvalue weighted by molar-refractivity contribution is -0.131. The van der Waals surface area contributed by atoms with Crippen LogP contribution in [0.25, 0.3) is 10.1 Å². The number of fused-ring (bicyclic) bond motifs is 2. The zero-order chi connectivity index (χ0) is 15.8. The van der Waals surface area contributed by atoms with Crippen molar-refractivity contribution in [2.24, 2.45) is 0 Å². The van der Waals surface area contributed by atoms with E-state index in [1.807, 2.05) is 23.1 Å². The standard InChI is InChI=1S/C17H16N4OS/c18-16-7-11-9-21(6-5-14(11)19-20-16)17(22)8-12-10-23-15-4-2-1-3-13(12)15/h1-4,7,10H,5-6,8-9H2,(H2,18,20). The van der Waals surface area contributed by atoms with Crippen LogP contribution >= 0.6 is 11.3 Å². The van der Waals surface area contributed by atoms with Crippen molar-refractivity contribution in [1.82, 2.24) is 15.1 Å². The Morgan fingerprint density at radius 2 is 2.17 bits per heavy atom. The molecule has 4 rings (SSSR count). The summed E-state index contributed by atoms with van der Waals surface area (Å²) >= 11 is 1.69. The molecule has 6 heteroatoms. The molecule has 1 aliphatic heterocycles. The predicted molar refractivity (Wildman–Crippen MR) is 91.1 cm³/mol. The lowest BCUT2D eigenvalue weighted by Crippen LogP contribution is -2.37. The lowest BCUT2D eigenvalue weighted by Gasteiger charge is -2.28. The van der Waals surface area contributed by atoms with Crippen molar-refractivity contribution < 1.29 is 4.79 Å². The molecular weight excluding hydrogens is 308 g/mol. The van der Waals surface area contributed by atoms with Crippen molar-refractivity contribution >= 4 is 33.1 Å². The Morgan fingerprint density at radius 3 is 3.09 bits per heavy atom. The minimum atomic E-state index is 0.148. The predicted octanol–water partition coefficient (Wildman–Crippen LogP) is 2.40. The molecule has 23 heavy (non-hydrogen) atoms. The van der Waals surface area contributed by atoms with E-state index in [0.717, 1.165) is 23.2 Å². The summed E-state index contributed by atoms with van der Waals surface area (Å²) in [6, 6.07) is 10.0. The normalized spacial score (nSPS) is 14.0. The molecule has 3 aromatic rings. The highest BCUT2D eigenvalue weighted by atomic mass is 32.1. The first-order valence-electron chi connectivity index (χ1n) is 7.54. The van der Waals surface area contributed by atoms with Gasteiger partial charge in [0.2, 0.25) is 5.91 Å². The van der Waals surface area contributed by atoms with Gasteiger partial charge in [-0.25, -0.2) is 0 Å². The third-order valence-electron chi connectivity index (χ3n) is 4.21. The number of rotatable bonds is 2. The summed E-state index contributed by atoms with van der Waals surface area (Å²) in [5.41, 5.74) is 8.76. The summed E-state index contributed by atoms with van der Waals surface area (Å²) in [7, 11) is 0. The molecule has 3 heterocycles. The summed E-state index contributed by atoms with van der Waals surface area (Å²) < 4.78 is 1.22. The number of aromatic nitrogens is 2. The van der Waals surface area contributed by atoms with E-state index < -0.39 is 0 Å². The fraction of sp³-hybridized carbons (Fsp3) is 0.235. The van der Waals surface area contributed by atoms with Gasteiger partial charge in [0, 0.05) is 24.2 Å². The second-order valence-corrected chi connectivity index (χ2v) is 6.65. The number of amides is 1. The quantitative estimate of drug-likeness (QED) is 0.786. The topological polar surface area (TPSA) is 72.1 Å². The number of carbonyl (C=O) groups is 1. The van der Waals surface area contributed by atoms with Gasteiger partial charge in [-0.05, 0) is 34.0 Å². The van der Waals surface area contributed by atoms with E-state index in [1.165, 1.54) is 10.1 Å². The average Bonchev–Trinajstić information content (AvgIpc) is 2.97. The molecule has 0 bridgehead atoms. The average molecular weight is 324 g/mol. The molecule has 2 N–H and O–H groups in total. The summed E-state index contributed by atoms with van der Waals surface area (Å²) in [6.07, 6.45) is 1.17. The highest BCUT2D eigenvalue weighted by Crippen LogP contribution is 2.27. The molecule has 2 aromatic heterocycles. The molecule has 116 valence electrons. The van der Waals surface area contributed by atoms with E-state index in [2.05, 4.69) is 27.7 Å². The molecule has 0 saturated heterocycles. The first-order valence-corrected chi connectivity index (χ1v) is 8.42. The fourth-order valence-corrected chi connectivity index (χ4v) is 3.97. The fourth-order valence-electron chi connectivity index (χ4n) is 3.00. The van der Waals surface area contributed by atoms with Gasteiger partial charge in [0.05, 0.1) is 12.1 Å². The third-order valence-corrected chi connectivity index (χ3v) is 5.23. The van der Waals surface area contributed by atoms with Gasteiger partial charge >= 0.3 is 0 Å². The van der Waals surface area contributed by atoms with Crippen LogP contribution in [0.4, 0.5) is 5.82 Å². The van der Waals surface area contributed by atoms with Gasteiger partial charge in [-0.15, -0.1) is 16.4 Å². The van der Waals surface area contributed by atoms with Gasteiger partial charge in [-0.3, -0.25) is 4.79 Å². The Labute approximate surface area is 137 Å². The van der Waals surface area contributed by atoms with Crippen molar-refractivity contribution in [3.05, 3.63) is 52.5 Å². The molecule has 1 aromatic carbocycles. The molecular formula is C17H16N4OS. The third kappa shape index (κ3) is 2.66. The second kappa shape index (κ2) is 5.62. The van der Waals surface area contributed by atoms with Gasteiger partial charge in [0.15, 0.2) is 0 Å².